The minimum atomic E-state index is -0.431. The highest BCUT2D eigenvalue weighted by Crippen LogP contribution is 2.41. The van der Waals surface area contributed by atoms with E-state index in [4.69, 9.17) is 9.47 Å². The Morgan fingerprint density at radius 1 is 0.929 bits per heavy atom. The first kappa shape index (κ1) is 19.6. The van der Waals surface area contributed by atoms with Crippen molar-refractivity contribution in [2.75, 3.05) is 21.3 Å². The molecule has 0 N–H and O–H groups in total. The summed E-state index contributed by atoms with van der Waals surface area (Å²) in [4.78, 5) is 25.3. The van der Waals surface area contributed by atoms with E-state index in [2.05, 4.69) is 4.74 Å². The summed E-state index contributed by atoms with van der Waals surface area (Å²) in [6, 6.07) is 14.2. The number of methoxy groups -OCH3 is 3. The van der Waals surface area contributed by atoms with E-state index in [0.29, 0.717) is 22.6 Å². The summed E-state index contributed by atoms with van der Waals surface area (Å²) < 4.78 is 15.7. The highest BCUT2D eigenvalue weighted by Gasteiger charge is 2.17. The Kier molecular flexibility index (Phi) is 6.11. The van der Waals surface area contributed by atoms with Gasteiger partial charge in [0.2, 0.25) is 0 Å². The Morgan fingerprint density at radius 2 is 1.64 bits per heavy atom. The van der Waals surface area contributed by atoms with Crippen molar-refractivity contribution in [1.82, 2.24) is 0 Å². The highest BCUT2D eigenvalue weighted by molar-refractivity contribution is 7.13. The van der Waals surface area contributed by atoms with Crippen LogP contribution in [0.2, 0.25) is 0 Å². The number of carbonyl (C=O) groups excluding carboxylic acids is 2. The number of thiophene rings is 1. The molecule has 0 aliphatic carbocycles. The van der Waals surface area contributed by atoms with E-state index < -0.39 is 5.97 Å². The SMILES string of the molecule is COC(=O)c1ccc(C(=O)Cc2cc(OC)c(OC)c(-c3cccs3)c2)cc1. The van der Waals surface area contributed by atoms with Crippen LogP contribution in [0.15, 0.2) is 53.9 Å². The van der Waals surface area contributed by atoms with Crippen LogP contribution < -0.4 is 9.47 Å². The second-order valence-corrected chi connectivity index (χ2v) is 6.97. The standard InChI is InChI=1S/C22H20O5S/c1-25-19-13-14(11-17(21(19)26-2)20-5-4-10-28-20)12-18(23)15-6-8-16(9-7-15)22(24)27-3/h4-11,13H,12H2,1-3H3. The minimum absolute atomic E-state index is 0.0548. The number of ether oxygens (including phenoxy) is 3. The number of ketones is 1. The molecule has 5 nitrogen and oxygen atoms in total. The second-order valence-electron chi connectivity index (χ2n) is 6.03. The molecule has 0 fully saturated rings. The lowest BCUT2D eigenvalue weighted by atomic mass is 9.99. The van der Waals surface area contributed by atoms with Crippen LogP contribution in [0.4, 0.5) is 0 Å². The molecule has 6 heteroatoms. The lowest BCUT2D eigenvalue weighted by Gasteiger charge is -2.14. The van der Waals surface area contributed by atoms with Crippen molar-refractivity contribution in [3.05, 3.63) is 70.6 Å². The molecule has 0 aliphatic heterocycles. The van der Waals surface area contributed by atoms with Crippen LogP contribution in [-0.4, -0.2) is 33.1 Å². The molecule has 0 bridgehead atoms. The number of hydrogen-bond donors (Lipinski definition) is 0. The van der Waals surface area contributed by atoms with Crippen LogP contribution in [0, 0.1) is 0 Å². The van der Waals surface area contributed by atoms with E-state index in [1.54, 1.807) is 49.8 Å². The molecule has 2 aromatic carbocycles. The van der Waals surface area contributed by atoms with Gasteiger partial charge in [-0.3, -0.25) is 4.79 Å². The molecule has 0 saturated heterocycles. The zero-order chi connectivity index (χ0) is 20.1. The molecule has 144 valence electrons. The Labute approximate surface area is 167 Å². The van der Waals surface area contributed by atoms with E-state index in [-0.39, 0.29) is 12.2 Å². The lowest BCUT2D eigenvalue weighted by molar-refractivity contribution is 0.0600. The third-order valence-electron chi connectivity index (χ3n) is 4.32. The normalized spacial score (nSPS) is 10.4. The molecule has 0 saturated carbocycles. The molecule has 0 aliphatic rings. The van der Waals surface area contributed by atoms with Crippen molar-refractivity contribution >= 4 is 23.1 Å². The molecule has 3 rings (SSSR count). The Morgan fingerprint density at radius 3 is 2.21 bits per heavy atom. The second kappa shape index (κ2) is 8.71. The first-order valence-corrected chi connectivity index (χ1v) is 9.45. The van der Waals surface area contributed by atoms with Crippen molar-refractivity contribution in [2.24, 2.45) is 0 Å². The van der Waals surface area contributed by atoms with Gasteiger partial charge in [-0.15, -0.1) is 11.3 Å². The molecule has 0 radical (unpaired) electrons. The summed E-state index contributed by atoms with van der Waals surface area (Å²) >= 11 is 1.59. The van der Waals surface area contributed by atoms with Gasteiger partial charge in [0.05, 0.1) is 26.9 Å². The average molecular weight is 396 g/mol. The van der Waals surface area contributed by atoms with Crippen LogP contribution in [0.1, 0.15) is 26.3 Å². The van der Waals surface area contributed by atoms with Crippen LogP contribution in [0.5, 0.6) is 11.5 Å². The number of benzene rings is 2. The molecule has 3 aromatic rings. The van der Waals surface area contributed by atoms with Gasteiger partial charge in [0.1, 0.15) is 0 Å². The first-order chi connectivity index (χ1) is 13.6. The summed E-state index contributed by atoms with van der Waals surface area (Å²) in [5.74, 6) is 0.737. The third-order valence-corrected chi connectivity index (χ3v) is 5.22. The molecule has 1 heterocycles. The number of rotatable bonds is 7. The molecular weight excluding hydrogens is 376 g/mol. The molecule has 0 spiro atoms. The predicted molar refractivity (Wildman–Crippen MR) is 109 cm³/mol. The Balaban J connectivity index is 1.90. The van der Waals surface area contributed by atoms with Gasteiger partial charge in [-0.1, -0.05) is 18.2 Å². The lowest BCUT2D eigenvalue weighted by Crippen LogP contribution is -2.06. The van der Waals surface area contributed by atoms with Crippen molar-refractivity contribution in [2.45, 2.75) is 6.42 Å². The molecular formula is C22H20O5S. The topological polar surface area (TPSA) is 61.8 Å². The van der Waals surface area contributed by atoms with Crippen LogP contribution in [-0.2, 0) is 11.2 Å². The fourth-order valence-electron chi connectivity index (χ4n) is 2.94. The van der Waals surface area contributed by atoms with Crippen LogP contribution in [0.25, 0.3) is 10.4 Å². The van der Waals surface area contributed by atoms with Crippen molar-refractivity contribution in [3.63, 3.8) is 0 Å². The first-order valence-electron chi connectivity index (χ1n) is 8.57. The van der Waals surface area contributed by atoms with Crippen molar-refractivity contribution < 1.29 is 23.8 Å². The van der Waals surface area contributed by atoms with Crippen molar-refractivity contribution in [1.29, 1.82) is 0 Å². The summed E-state index contributed by atoms with van der Waals surface area (Å²) in [6.07, 6.45) is 0.205. The number of esters is 1. The number of hydrogen-bond acceptors (Lipinski definition) is 6. The fraction of sp³-hybridized carbons (Fsp3) is 0.182. The summed E-state index contributed by atoms with van der Waals surface area (Å²) in [5, 5.41) is 1.99. The van der Waals surface area contributed by atoms with Gasteiger partial charge in [-0.05, 0) is 41.3 Å². The smallest absolute Gasteiger partial charge is 0.337 e. The predicted octanol–water partition coefficient (Wildman–Crippen LogP) is 4.64. The van der Waals surface area contributed by atoms with E-state index in [9.17, 15) is 9.59 Å². The molecule has 0 amide bonds. The quantitative estimate of drug-likeness (QED) is 0.430. The maximum Gasteiger partial charge on any atom is 0.337 e. The van der Waals surface area contributed by atoms with Crippen LogP contribution in [0.3, 0.4) is 0 Å². The average Bonchev–Trinajstić information content (AvgIpc) is 3.27. The van der Waals surface area contributed by atoms with Gasteiger partial charge >= 0.3 is 5.97 Å². The van der Waals surface area contributed by atoms with Gasteiger partial charge in [0.25, 0.3) is 0 Å². The van der Waals surface area contributed by atoms with E-state index in [0.717, 1.165) is 16.0 Å². The molecule has 28 heavy (non-hydrogen) atoms. The summed E-state index contributed by atoms with van der Waals surface area (Å²) in [7, 11) is 4.50. The molecule has 0 atom stereocenters. The van der Waals surface area contributed by atoms with Gasteiger partial charge < -0.3 is 14.2 Å². The van der Waals surface area contributed by atoms with Gasteiger partial charge in [-0.25, -0.2) is 4.79 Å². The van der Waals surface area contributed by atoms with Gasteiger partial charge in [0, 0.05) is 22.4 Å². The number of Topliss-reactive ketones (excluding diaryl/α,β-unsaturated/α-hetero) is 1. The zero-order valence-electron chi connectivity index (χ0n) is 15.9. The maximum absolute atomic E-state index is 12.7. The summed E-state index contributed by atoms with van der Waals surface area (Å²) in [5.41, 5.74) is 2.65. The van der Waals surface area contributed by atoms with Gasteiger partial charge in [0.15, 0.2) is 17.3 Å². The molecule has 0 unspecified atom stereocenters. The van der Waals surface area contributed by atoms with Crippen LogP contribution >= 0.6 is 11.3 Å². The largest absolute Gasteiger partial charge is 0.493 e. The van der Waals surface area contributed by atoms with E-state index >= 15 is 0 Å². The monoisotopic (exact) mass is 396 g/mol. The Hall–Kier alpha value is -3.12. The maximum atomic E-state index is 12.7. The fourth-order valence-corrected chi connectivity index (χ4v) is 3.68. The zero-order valence-corrected chi connectivity index (χ0v) is 16.7. The summed E-state index contributed by atoms with van der Waals surface area (Å²) in [6.45, 7) is 0. The van der Waals surface area contributed by atoms with Gasteiger partial charge in [-0.2, -0.15) is 0 Å². The van der Waals surface area contributed by atoms with E-state index in [1.165, 1.54) is 7.11 Å². The molecule has 1 aromatic heterocycles. The van der Waals surface area contributed by atoms with E-state index in [1.807, 2.05) is 29.6 Å². The number of carbonyl (C=O) groups is 2. The Bertz CT molecular complexity index is 975. The highest BCUT2D eigenvalue weighted by atomic mass is 32.1. The third kappa shape index (κ3) is 4.07. The van der Waals surface area contributed by atoms with Crippen molar-refractivity contribution in [3.8, 4) is 21.9 Å². The minimum Gasteiger partial charge on any atom is -0.493 e.